The predicted octanol–water partition coefficient (Wildman–Crippen LogP) is 5.21. The molecule has 2 amide bonds. The number of hydrogen-bond donors (Lipinski definition) is 2. The molecule has 0 saturated heterocycles. The molecule has 0 radical (unpaired) electrons. The van der Waals surface area contributed by atoms with E-state index in [1.165, 1.54) is 0 Å². The molecule has 0 fully saturated rings. The summed E-state index contributed by atoms with van der Waals surface area (Å²) in [7, 11) is 1.76. The van der Waals surface area contributed by atoms with E-state index in [2.05, 4.69) is 10.6 Å². The number of halogens is 1. The van der Waals surface area contributed by atoms with Gasteiger partial charge in [0.1, 0.15) is 6.04 Å². The molecule has 0 aromatic heterocycles. The fraction of sp³-hybridized carbons (Fsp3) is 0.200. The molecular weight excluding hydrogens is 410 g/mol. The number of carbonyl (C=O) groups excluding carboxylic acids is 2. The van der Waals surface area contributed by atoms with Gasteiger partial charge in [-0.25, -0.2) is 0 Å². The third kappa shape index (κ3) is 5.94. The minimum atomic E-state index is -0.641. The van der Waals surface area contributed by atoms with Crippen LogP contribution in [-0.2, 0) is 9.59 Å². The molecule has 3 rings (SSSR count). The van der Waals surface area contributed by atoms with Crippen LogP contribution < -0.4 is 10.6 Å². The number of aryl methyl sites for hydroxylation is 2. The highest BCUT2D eigenvalue weighted by atomic mass is 35.5. The van der Waals surface area contributed by atoms with Crippen molar-refractivity contribution in [3.05, 3.63) is 94.5 Å². The van der Waals surface area contributed by atoms with Gasteiger partial charge in [0, 0.05) is 5.69 Å². The van der Waals surface area contributed by atoms with Gasteiger partial charge in [0.15, 0.2) is 0 Å². The van der Waals surface area contributed by atoms with Crippen LogP contribution in [0, 0.1) is 13.8 Å². The zero-order chi connectivity index (χ0) is 22.4. The van der Waals surface area contributed by atoms with Gasteiger partial charge in [-0.2, -0.15) is 0 Å². The molecule has 3 aromatic carbocycles. The maximum absolute atomic E-state index is 13.3. The Labute approximate surface area is 188 Å². The molecule has 6 heteroatoms. The molecule has 0 spiro atoms. The van der Waals surface area contributed by atoms with E-state index in [1.807, 2.05) is 62.4 Å². The lowest BCUT2D eigenvalue weighted by molar-refractivity contribution is -0.123. The predicted molar refractivity (Wildman–Crippen MR) is 126 cm³/mol. The van der Waals surface area contributed by atoms with Crippen LogP contribution in [0.3, 0.4) is 0 Å². The van der Waals surface area contributed by atoms with Gasteiger partial charge in [0.2, 0.25) is 11.8 Å². The smallest absolute Gasteiger partial charge is 0.246 e. The zero-order valence-electron chi connectivity index (χ0n) is 17.9. The van der Waals surface area contributed by atoms with Gasteiger partial charge in [-0.1, -0.05) is 66.2 Å². The first-order chi connectivity index (χ1) is 14.8. The third-order valence-corrected chi connectivity index (χ3v) is 5.33. The maximum atomic E-state index is 13.3. The first kappa shape index (κ1) is 22.5. The van der Waals surface area contributed by atoms with Crippen LogP contribution >= 0.6 is 11.6 Å². The second kappa shape index (κ2) is 10.2. The molecule has 0 aliphatic rings. The average molecular weight is 436 g/mol. The molecule has 0 unspecified atom stereocenters. The number of rotatable bonds is 7. The van der Waals surface area contributed by atoms with Crippen molar-refractivity contribution < 1.29 is 9.59 Å². The van der Waals surface area contributed by atoms with E-state index in [4.69, 9.17) is 11.6 Å². The summed E-state index contributed by atoms with van der Waals surface area (Å²) in [5.74, 6) is -0.455. The summed E-state index contributed by atoms with van der Waals surface area (Å²) in [5.41, 5.74) is 4.14. The van der Waals surface area contributed by atoms with Crippen molar-refractivity contribution in [2.45, 2.75) is 19.9 Å². The van der Waals surface area contributed by atoms with Gasteiger partial charge in [0.25, 0.3) is 0 Å². The lowest BCUT2D eigenvalue weighted by Gasteiger charge is -2.27. The summed E-state index contributed by atoms with van der Waals surface area (Å²) in [6.45, 7) is 3.95. The molecule has 0 heterocycles. The average Bonchev–Trinajstić information content (AvgIpc) is 2.73. The third-order valence-electron chi connectivity index (χ3n) is 5.00. The van der Waals surface area contributed by atoms with Crippen molar-refractivity contribution in [1.29, 1.82) is 0 Å². The molecule has 0 bridgehead atoms. The van der Waals surface area contributed by atoms with Crippen LogP contribution in [0.1, 0.15) is 22.7 Å². The van der Waals surface area contributed by atoms with Crippen LogP contribution in [-0.4, -0.2) is 30.3 Å². The van der Waals surface area contributed by atoms with Crippen molar-refractivity contribution in [3.8, 4) is 0 Å². The highest BCUT2D eigenvalue weighted by Gasteiger charge is 2.27. The van der Waals surface area contributed by atoms with E-state index < -0.39 is 6.04 Å². The van der Waals surface area contributed by atoms with Crippen molar-refractivity contribution in [3.63, 3.8) is 0 Å². The monoisotopic (exact) mass is 435 g/mol. The minimum Gasteiger partial charge on any atom is -0.324 e. The highest BCUT2D eigenvalue weighted by molar-refractivity contribution is 6.33. The first-order valence-electron chi connectivity index (χ1n) is 10.0. The number of benzene rings is 3. The van der Waals surface area contributed by atoms with Gasteiger partial charge in [-0.3, -0.25) is 14.5 Å². The highest BCUT2D eigenvalue weighted by Crippen LogP contribution is 2.24. The van der Waals surface area contributed by atoms with E-state index in [-0.39, 0.29) is 18.4 Å². The molecule has 2 N–H and O–H groups in total. The van der Waals surface area contributed by atoms with Gasteiger partial charge >= 0.3 is 0 Å². The number of nitrogens with one attached hydrogen (secondary N) is 2. The molecule has 0 aliphatic carbocycles. The number of para-hydroxylation sites is 1. The Hall–Kier alpha value is -3.15. The lowest BCUT2D eigenvalue weighted by atomic mass is 10.0. The molecule has 1 atom stereocenters. The number of anilines is 2. The number of nitrogens with zero attached hydrogens (tertiary/aromatic N) is 1. The van der Waals surface area contributed by atoms with Crippen LogP contribution in [0.15, 0.2) is 72.8 Å². The van der Waals surface area contributed by atoms with Crippen molar-refractivity contribution in [2.24, 2.45) is 0 Å². The maximum Gasteiger partial charge on any atom is 0.246 e. The zero-order valence-corrected chi connectivity index (χ0v) is 18.6. The molecular formula is C25H26ClN3O2. The van der Waals surface area contributed by atoms with Crippen LogP contribution in [0.2, 0.25) is 5.02 Å². The Morgan fingerprint density at radius 3 is 2.29 bits per heavy atom. The summed E-state index contributed by atoms with van der Waals surface area (Å²) in [5, 5.41) is 6.30. The number of carbonyl (C=O) groups is 2. The summed E-state index contributed by atoms with van der Waals surface area (Å²) in [6, 6.07) is 21.8. The van der Waals surface area contributed by atoms with E-state index in [9.17, 15) is 9.59 Å². The molecule has 5 nitrogen and oxygen atoms in total. The fourth-order valence-corrected chi connectivity index (χ4v) is 3.57. The Balaban J connectivity index is 1.80. The summed E-state index contributed by atoms with van der Waals surface area (Å²) >= 11 is 6.14. The van der Waals surface area contributed by atoms with Gasteiger partial charge in [0.05, 0.1) is 17.3 Å². The van der Waals surface area contributed by atoms with E-state index in [0.29, 0.717) is 10.7 Å². The SMILES string of the molecule is Cc1ccc(C)c(NC(=O)[C@H](c2ccccc2)N(C)CC(=O)Nc2ccccc2Cl)c1. The van der Waals surface area contributed by atoms with Crippen LogP contribution in [0.5, 0.6) is 0 Å². The molecule has 0 aliphatic heterocycles. The Morgan fingerprint density at radius 1 is 0.903 bits per heavy atom. The standard InChI is InChI=1S/C25H26ClN3O2/c1-17-13-14-18(2)22(15-17)28-25(31)24(19-9-5-4-6-10-19)29(3)16-23(30)27-21-12-8-7-11-20(21)26/h4-15,24H,16H2,1-3H3,(H,27,30)(H,28,31)/t24-/m0/s1. The van der Waals surface area contributed by atoms with Crippen LogP contribution in [0.4, 0.5) is 11.4 Å². The second-order valence-corrected chi connectivity index (χ2v) is 7.97. The summed E-state index contributed by atoms with van der Waals surface area (Å²) in [4.78, 5) is 27.7. The Morgan fingerprint density at radius 2 is 1.58 bits per heavy atom. The molecule has 160 valence electrons. The van der Waals surface area contributed by atoms with Gasteiger partial charge < -0.3 is 10.6 Å². The van der Waals surface area contributed by atoms with E-state index in [1.54, 1.807) is 36.2 Å². The second-order valence-electron chi connectivity index (χ2n) is 7.56. The van der Waals surface area contributed by atoms with Crippen molar-refractivity contribution in [1.82, 2.24) is 4.90 Å². The van der Waals surface area contributed by atoms with Crippen molar-refractivity contribution in [2.75, 3.05) is 24.2 Å². The molecule has 0 saturated carbocycles. The van der Waals surface area contributed by atoms with Crippen molar-refractivity contribution >= 4 is 34.8 Å². The fourth-order valence-electron chi connectivity index (χ4n) is 3.38. The van der Waals surface area contributed by atoms with Crippen LogP contribution in [0.25, 0.3) is 0 Å². The topological polar surface area (TPSA) is 61.4 Å². The Bertz CT molecular complexity index is 1070. The van der Waals surface area contributed by atoms with E-state index >= 15 is 0 Å². The Kier molecular flexibility index (Phi) is 7.45. The number of likely N-dealkylation sites (N-methyl/N-ethyl adjacent to an activating group) is 1. The normalized spacial score (nSPS) is 11.8. The summed E-state index contributed by atoms with van der Waals surface area (Å²) in [6.07, 6.45) is 0. The molecule has 3 aromatic rings. The quantitative estimate of drug-likeness (QED) is 0.535. The minimum absolute atomic E-state index is 0.0189. The summed E-state index contributed by atoms with van der Waals surface area (Å²) < 4.78 is 0. The molecule has 31 heavy (non-hydrogen) atoms. The first-order valence-corrected chi connectivity index (χ1v) is 10.4. The largest absolute Gasteiger partial charge is 0.324 e. The van der Waals surface area contributed by atoms with E-state index in [0.717, 1.165) is 22.4 Å². The number of hydrogen-bond acceptors (Lipinski definition) is 3. The van der Waals surface area contributed by atoms with Gasteiger partial charge in [-0.05, 0) is 55.8 Å². The number of amides is 2. The van der Waals surface area contributed by atoms with Gasteiger partial charge in [-0.15, -0.1) is 0 Å². The lowest BCUT2D eigenvalue weighted by Crippen LogP contribution is -2.39.